The molecule has 154 valence electrons. The SMILES string of the molecule is CCCCCCCC[S+]([O-])C(C)Cc1ccc2c(c1)OCO2.c1cnccn1. The third-order valence-corrected chi connectivity index (χ3v) is 6.34. The van der Waals surface area contributed by atoms with Crippen molar-refractivity contribution in [3.05, 3.63) is 48.5 Å². The van der Waals surface area contributed by atoms with Gasteiger partial charge >= 0.3 is 0 Å². The van der Waals surface area contributed by atoms with Gasteiger partial charge in [-0.1, -0.05) is 49.8 Å². The molecule has 1 aromatic heterocycles. The third-order valence-electron chi connectivity index (χ3n) is 4.59. The Labute approximate surface area is 172 Å². The smallest absolute Gasteiger partial charge is 0.231 e. The minimum atomic E-state index is -0.743. The Morgan fingerprint density at radius 3 is 2.29 bits per heavy atom. The molecule has 1 aromatic carbocycles. The van der Waals surface area contributed by atoms with Gasteiger partial charge in [0.2, 0.25) is 6.79 Å². The molecule has 6 heteroatoms. The van der Waals surface area contributed by atoms with E-state index in [0.29, 0.717) is 6.79 Å². The zero-order chi connectivity index (χ0) is 20.0. The van der Waals surface area contributed by atoms with Gasteiger partial charge in [0.1, 0.15) is 11.0 Å². The predicted molar refractivity (Wildman–Crippen MR) is 114 cm³/mol. The van der Waals surface area contributed by atoms with Gasteiger partial charge in [-0.15, -0.1) is 0 Å². The van der Waals surface area contributed by atoms with Crippen LogP contribution in [0.3, 0.4) is 0 Å². The maximum Gasteiger partial charge on any atom is 0.231 e. The number of aromatic nitrogens is 2. The Morgan fingerprint density at radius 1 is 0.964 bits per heavy atom. The van der Waals surface area contributed by atoms with Crippen LogP contribution in [-0.2, 0) is 17.6 Å². The highest BCUT2D eigenvalue weighted by Gasteiger charge is 2.19. The second kappa shape index (κ2) is 13.4. The minimum absolute atomic E-state index is 0.191. The van der Waals surface area contributed by atoms with Crippen LogP contribution in [0.2, 0.25) is 0 Å². The van der Waals surface area contributed by atoms with Crippen LogP contribution in [-0.4, -0.2) is 32.3 Å². The van der Waals surface area contributed by atoms with Crippen LogP contribution >= 0.6 is 0 Å². The number of unbranched alkanes of at least 4 members (excludes halogenated alkanes) is 5. The van der Waals surface area contributed by atoms with Crippen LogP contribution in [0.4, 0.5) is 0 Å². The maximum atomic E-state index is 12.3. The van der Waals surface area contributed by atoms with E-state index in [9.17, 15) is 4.55 Å². The molecule has 0 fully saturated rings. The van der Waals surface area contributed by atoms with Crippen LogP contribution in [0.5, 0.6) is 11.5 Å². The number of rotatable bonds is 10. The van der Waals surface area contributed by atoms with E-state index >= 15 is 0 Å². The number of hydrogen-bond donors (Lipinski definition) is 0. The van der Waals surface area contributed by atoms with Crippen molar-refractivity contribution >= 4 is 11.2 Å². The van der Waals surface area contributed by atoms with Gasteiger partial charge in [0.15, 0.2) is 11.5 Å². The lowest BCUT2D eigenvalue weighted by Gasteiger charge is -2.18. The number of hydrogen-bond acceptors (Lipinski definition) is 5. The summed E-state index contributed by atoms with van der Waals surface area (Å²) in [6.07, 6.45) is 14.9. The molecule has 5 nitrogen and oxygen atoms in total. The van der Waals surface area contributed by atoms with E-state index in [4.69, 9.17) is 9.47 Å². The molecule has 2 aromatic rings. The first-order valence-corrected chi connectivity index (χ1v) is 11.5. The average Bonchev–Trinajstić information content (AvgIpc) is 3.20. The monoisotopic (exact) mass is 404 g/mol. The van der Waals surface area contributed by atoms with E-state index in [1.807, 2.05) is 18.2 Å². The van der Waals surface area contributed by atoms with Crippen molar-refractivity contribution in [2.45, 2.75) is 64.0 Å². The third kappa shape index (κ3) is 8.48. The van der Waals surface area contributed by atoms with Crippen molar-refractivity contribution in [1.29, 1.82) is 0 Å². The first kappa shape index (κ1) is 22.5. The highest BCUT2D eigenvalue weighted by molar-refractivity contribution is 7.91. The van der Waals surface area contributed by atoms with E-state index in [1.54, 1.807) is 24.8 Å². The van der Waals surface area contributed by atoms with E-state index in [0.717, 1.165) is 30.1 Å². The van der Waals surface area contributed by atoms with Gasteiger partial charge in [0.25, 0.3) is 0 Å². The molecular formula is C22H32N2O3S. The molecular weight excluding hydrogens is 372 g/mol. The van der Waals surface area contributed by atoms with Gasteiger partial charge in [0, 0.05) is 31.2 Å². The maximum absolute atomic E-state index is 12.3. The Hall–Kier alpha value is -1.79. The summed E-state index contributed by atoms with van der Waals surface area (Å²) in [5.41, 5.74) is 1.17. The zero-order valence-corrected chi connectivity index (χ0v) is 17.8. The van der Waals surface area contributed by atoms with Crippen molar-refractivity contribution < 1.29 is 14.0 Å². The summed E-state index contributed by atoms with van der Waals surface area (Å²) in [5, 5.41) is 0.191. The van der Waals surface area contributed by atoms with Gasteiger partial charge in [-0.05, 0) is 37.5 Å². The lowest BCUT2D eigenvalue weighted by molar-refractivity contribution is 0.174. The predicted octanol–water partition coefficient (Wildman–Crippen LogP) is 4.93. The van der Waals surface area contributed by atoms with Gasteiger partial charge < -0.3 is 14.0 Å². The first-order valence-electron chi connectivity index (χ1n) is 10.2. The fraction of sp³-hybridized carbons (Fsp3) is 0.545. The van der Waals surface area contributed by atoms with Gasteiger partial charge in [-0.25, -0.2) is 0 Å². The molecule has 2 atom stereocenters. The van der Waals surface area contributed by atoms with E-state index < -0.39 is 11.2 Å². The number of benzene rings is 1. The molecule has 0 N–H and O–H groups in total. The van der Waals surface area contributed by atoms with E-state index in [-0.39, 0.29) is 5.25 Å². The van der Waals surface area contributed by atoms with Crippen molar-refractivity contribution in [2.75, 3.05) is 12.5 Å². The second-order valence-electron chi connectivity index (χ2n) is 6.95. The van der Waals surface area contributed by atoms with Crippen molar-refractivity contribution in [1.82, 2.24) is 9.97 Å². The zero-order valence-electron chi connectivity index (χ0n) is 17.0. The van der Waals surface area contributed by atoms with Gasteiger partial charge in [0.05, 0.1) is 0 Å². The molecule has 1 aliphatic rings. The van der Waals surface area contributed by atoms with E-state index in [1.165, 1.54) is 37.7 Å². The summed E-state index contributed by atoms with van der Waals surface area (Å²) in [7, 11) is 0. The normalized spacial score (nSPS) is 14.1. The summed E-state index contributed by atoms with van der Waals surface area (Å²) in [6, 6.07) is 6.01. The van der Waals surface area contributed by atoms with Crippen LogP contribution in [0, 0.1) is 0 Å². The molecule has 3 rings (SSSR count). The Bertz CT molecular complexity index is 631. The summed E-state index contributed by atoms with van der Waals surface area (Å²) in [6.45, 7) is 4.61. The molecule has 0 amide bonds. The molecule has 28 heavy (non-hydrogen) atoms. The molecule has 0 spiro atoms. The Balaban J connectivity index is 0.000000397. The molecule has 0 saturated heterocycles. The topological polar surface area (TPSA) is 67.3 Å². The van der Waals surface area contributed by atoms with Crippen molar-refractivity contribution in [3.63, 3.8) is 0 Å². The second-order valence-corrected chi connectivity index (χ2v) is 8.92. The number of nitrogens with zero attached hydrogens (tertiary/aromatic N) is 2. The summed E-state index contributed by atoms with van der Waals surface area (Å²) < 4.78 is 23.0. The lowest BCUT2D eigenvalue weighted by Crippen LogP contribution is -2.23. The fourth-order valence-corrected chi connectivity index (χ4v) is 4.24. The average molecular weight is 405 g/mol. The van der Waals surface area contributed by atoms with Crippen LogP contribution in [0.15, 0.2) is 43.0 Å². The summed E-state index contributed by atoms with van der Waals surface area (Å²) >= 11 is -0.743. The molecule has 0 aliphatic carbocycles. The Morgan fingerprint density at radius 2 is 1.61 bits per heavy atom. The standard InChI is InChI=1S/C18H28O3S.C4H4N2/c1-3-4-5-6-7-8-11-22(19)15(2)12-16-9-10-17-18(13-16)21-14-20-17;1-2-6-4-3-5-1/h9-10,13,15H,3-8,11-12,14H2,1-2H3;1-4H. The van der Waals surface area contributed by atoms with Crippen molar-refractivity contribution in [2.24, 2.45) is 0 Å². The van der Waals surface area contributed by atoms with Crippen LogP contribution in [0.1, 0.15) is 57.9 Å². The van der Waals surface area contributed by atoms with Crippen LogP contribution < -0.4 is 9.47 Å². The largest absolute Gasteiger partial charge is 0.616 e. The molecule has 0 radical (unpaired) electrons. The van der Waals surface area contributed by atoms with Gasteiger partial charge in [-0.3, -0.25) is 9.97 Å². The molecule has 0 saturated carbocycles. The highest BCUT2D eigenvalue weighted by atomic mass is 32.2. The minimum Gasteiger partial charge on any atom is -0.616 e. The van der Waals surface area contributed by atoms with E-state index in [2.05, 4.69) is 23.8 Å². The number of ether oxygens (including phenoxy) is 2. The molecule has 2 heterocycles. The van der Waals surface area contributed by atoms with Crippen LogP contribution in [0.25, 0.3) is 0 Å². The quantitative estimate of drug-likeness (QED) is 0.415. The lowest BCUT2D eigenvalue weighted by atomic mass is 10.1. The van der Waals surface area contributed by atoms with Crippen molar-refractivity contribution in [3.8, 4) is 11.5 Å². The van der Waals surface area contributed by atoms with Gasteiger partial charge in [-0.2, -0.15) is 0 Å². The Kier molecular flexibility index (Phi) is 10.8. The summed E-state index contributed by atoms with van der Waals surface area (Å²) in [5.74, 6) is 2.45. The molecule has 0 bridgehead atoms. The summed E-state index contributed by atoms with van der Waals surface area (Å²) in [4.78, 5) is 7.44. The molecule has 2 unspecified atom stereocenters. The first-order chi connectivity index (χ1) is 13.7. The fourth-order valence-electron chi connectivity index (χ4n) is 2.97. The molecule has 1 aliphatic heterocycles. The highest BCUT2D eigenvalue weighted by Crippen LogP contribution is 2.33. The number of fused-ring (bicyclic) bond motifs is 1.